The van der Waals surface area contributed by atoms with E-state index in [-0.39, 0.29) is 5.82 Å². The third-order valence-corrected chi connectivity index (χ3v) is 4.36. The van der Waals surface area contributed by atoms with Crippen LogP contribution in [0.1, 0.15) is 44.6 Å². The Morgan fingerprint density at radius 1 is 1.26 bits per heavy atom. The van der Waals surface area contributed by atoms with Crippen LogP contribution in [0.25, 0.3) is 0 Å². The molecular formula is C16H23ClFN. The first-order chi connectivity index (χ1) is 9.20. The Morgan fingerprint density at radius 2 is 2.05 bits per heavy atom. The van der Waals surface area contributed by atoms with Gasteiger partial charge in [-0.05, 0) is 49.4 Å². The van der Waals surface area contributed by atoms with Gasteiger partial charge in [-0.3, -0.25) is 0 Å². The van der Waals surface area contributed by atoms with E-state index >= 15 is 0 Å². The molecule has 1 aliphatic carbocycles. The first kappa shape index (κ1) is 14.8. The average molecular weight is 284 g/mol. The molecule has 1 nitrogen and oxygen atoms in total. The zero-order chi connectivity index (χ0) is 13.7. The van der Waals surface area contributed by atoms with E-state index in [0.717, 1.165) is 18.5 Å². The number of hydrogen-bond donors (Lipinski definition) is 1. The van der Waals surface area contributed by atoms with Gasteiger partial charge in [-0.2, -0.15) is 0 Å². The van der Waals surface area contributed by atoms with Crippen molar-refractivity contribution in [2.24, 2.45) is 5.92 Å². The Morgan fingerprint density at radius 3 is 2.79 bits per heavy atom. The van der Waals surface area contributed by atoms with Gasteiger partial charge >= 0.3 is 0 Å². The van der Waals surface area contributed by atoms with Crippen molar-refractivity contribution >= 4 is 11.6 Å². The lowest BCUT2D eigenvalue weighted by Crippen LogP contribution is -2.36. The molecule has 106 valence electrons. The van der Waals surface area contributed by atoms with E-state index in [9.17, 15) is 4.39 Å². The molecule has 0 aromatic heterocycles. The molecule has 1 N–H and O–H groups in total. The fourth-order valence-corrected chi connectivity index (χ4v) is 3.29. The summed E-state index contributed by atoms with van der Waals surface area (Å²) in [7, 11) is 0. The van der Waals surface area contributed by atoms with Gasteiger partial charge in [0.15, 0.2) is 0 Å². The molecule has 1 fully saturated rings. The average Bonchev–Trinajstić information content (AvgIpc) is 2.59. The molecule has 0 radical (unpaired) electrons. The Labute approximate surface area is 120 Å². The smallest absolute Gasteiger partial charge is 0.127 e. The molecule has 0 heterocycles. The monoisotopic (exact) mass is 283 g/mol. The molecule has 1 aromatic carbocycles. The molecule has 0 spiro atoms. The lowest BCUT2D eigenvalue weighted by Gasteiger charge is -2.26. The van der Waals surface area contributed by atoms with Gasteiger partial charge < -0.3 is 5.32 Å². The quantitative estimate of drug-likeness (QED) is 0.798. The fraction of sp³-hybridized carbons (Fsp3) is 0.625. The molecule has 2 unspecified atom stereocenters. The highest BCUT2D eigenvalue weighted by atomic mass is 35.5. The summed E-state index contributed by atoms with van der Waals surface area (Å²) in [5, 5.41) is 4.05. The second-order valence-electron chi connectivity index (χ2n) is 5.50. The molecule has 0 saturated heterocycles. The van der Waals surface area contributed by atoms with Crippen molar-refractivity contribution in [2.75, 3.05) is 6.54 Å². The Hall–Kier alpha value is -0.600. The summed E-state index contributed by atoms with van der Waals surface area (Å²) in [6.45, 7) is 3.13. The second-order valence-corrected chi connectivity index (χ2v) is 5.94. The number of halogens is 2. The van der Waals surface area contributed by atoms with Crippen LogP contribution in [-0.2, 0) is 6.42 Å². The highest BCUT2D eigenvalue weighted by Gasteiger charge is 2.24. The van der Waals surface area contributed by atoms with Gasteiger partial charge in [-0.25, -0.2) is 4.39 Å². The van der Waals surface area contributed by atoms with Crippen molar-refractivity contribution in [3.05, 3.63) is 34.6 Å². The van der Waals surface area contributed by atoms with E-state index in [0.29, 0.717) is 17.0 Å². The SMILES string of the molecule is CCNC1CCCCCC1Cc1ccc(Cl)cc1F. The van der Waals surface area contributed by atoms with Crippen LogP contribution in [0, 0.1) is 11.7 Å². The van der Waals surface area contributed by atoms with Crippen molar-refractivity contribution in [2.45, 2.75) is 51.5 Å². The second kappa shape index (κ2) is 7.25. The van der Waals surface area contributed by atoms with Gasteiger partial charge in [0.1, 0.15) is 5.82 Å². The molecular weight excluding hydrogens is 261 g/mol. The van der Waals surface area contributed by atoms with Crippen molar-refractivity contribution in [1.29, 1.82) is 0 Å². The minimum absolute atomic E-state index is 0.160. The number of rotatable bonds is 4. The van der Waals surface area contributed by atoms with E-state index in [1.165, 1.54) is 38.2 Å². The van der Waals surface area contributed by atoms with Gasteiger partial charge in [0.2, 0.25) is 0 Å². The molecule has 1 aromatic rings. The number of nitrogens with one attached hydrogen (secondary N) is 1. The summed E-state index contributed by atoms with van der Waals surface area (Å²) in [6, 6.07) is 5.59. The zero-order valence-corrected chi connectivity index (χ0v) is 12.3. The highest BCUT2D eigenvalue weighted by molar-refractivity contribution is 6.30. The van der Waals surface area contributed by atoms with E-state index < -0.39 is 0 Å². The molecule has 19 heavy (non-hydrogen) atoms. The van der Waals surface area contributed by atoms with E-state index in [1.54, 1.807) is 6.07 Å². The predicted octanol–water partition coefficient (Wildman–Crippen LogP) is 4.58. The van der Waals surface area contributed by atoms with Crippen LogP contribution in [0.15, 0.2) is 18.2 Å². The molecule has 2 atom stereocenters. The van der Waals surface area contributed by atoms with E-state index in [4.69, 9.17) is 11.6 Å². The summed E-state index contributed by atoms with van der Waals surface area (Å²) in [4.78, 5) is 0. The largest absolute Gasteiger partial charge is 0.314 e. The standard InChI is InChI=1S/C16H23ClFN/c1-2-19-16-7-5-3-4-6-13(16)10-12-8-9-14(17)11-15(12)18/h8-9,11,13,16,19H,2-7,10H2,1H3. The molecule has 1 saturated carbocycles. The van der Waals surface area contributed by atoms with E-state index in [2.05, 4.69) is 12.2 Å². The third-order valence-electron chi connectivity index (χ3n) is 4.12. The first-order valence-electron chi connectivity index (χ1n) is 7.38. The van der Waals surface area contributed by atoms with Crippen LogP contribution in [-0.4, -0.2) is 12.6 Å². The lowest BCUT2D eigenvalue weighted by molar-refractivity contribution is 0.334. The first-order valence-corrected chi connectivity index (χ1v) is 7.75. The third kappa shape index (κ3) is 4.19. The number of benzene rings is 1. The molecule has 0 amide bonds. The summed E-state index contributed by atoms with van der Waals surface area (Å²) >= 11 is 5.81. The topological polar surface area (TPSA) is 12.0 Å². The van der Waals surface area contributed by atoms with Gasteiger partial charge in [-0.15, -0.1) is 0 Å². The van der Waals surface area contributed by atoms with Gasteiger partial charge in [0, 0.05) is 11.1 Å². The van der Waals surface area contributed by atoms with Crippen LogP contribution in [0.2, 0.25) is 5.02 Å². The van der Waals surface area contributed by atoms with E-state index in [1.807, 2.05) is 6.07 Å². The summed E-state index contributed by atoms with van der Waals surface area (Å²) in [6.07, 6.45) is 7.09. The number of hydrogen-bond acceptors (Lipinski definition) is 1. The maximum Gasteiger partial charge on any atom is 0.127 e. The molecule has 0 aliphatic heterocycles. The van der Waals surface area contributed by atoms with Crippen LogP contribution < -0.4 is 5.32 Å². The predicted molar refractivity (Wildman–Crippen MR) is 79.2 cm³/mol. The van der Waals surface area contributed by atoms with Gasteiger partial charge in [0.25, 0.3) is 0 Å². The normalized spacial score (nSPS) is 24.2. The van der Waals surface area contributed by atoms with Gasteiger partial charge in [0.05, 0.1) is 0 Å². The minimum Gasteiger partial charge on any atom is -0.314 e. The van der Waals surface area contributed by atoms with Crippen molar-refractivity contribution in [1.82, 2.24) is 5.32 Å². The highest BCUT2D eigenvalue weighted by Crippen LogP contribution is 2.28. The molecule has 2 rings (SSSR count). The Kier molecular flexibility index (Phi) is 5.65. The summed E-state index contributed by atoms with van der Waals surface area (Å²) in [5.41, 5.74) is 0.805. The van der Waals surface area contributed by atoms with Crippen LogP contribution in [0.4, 0.5) is 4.39 Å². The van der Waals surface area contributed by atoms with Crippen LogP contribution in [0.3, 0.4) is 0 Å². The van der Waals surface area contributed by atoms with Crippen molar-refractivity contribution in [3.8, 4) is 0 Å². The van der Waals surface area contributed by atoms with Crippen LogP contribution >= 0.6 is 11.6 Å². The minimum atomic E-state index is -0.160. The zero-order valence-electron chi connectivity index (χ0n) is 11.6. The van der Waals surface area contributed by atoms with Crippen LogP contribution in [0.5, 0.6) is 0 Å². The lowest BCUT2D eigenvalue weighted by atomic mass is 9.88. The van der Waals surface area contributed by atoms with Crippen molar-refractivity contribution < 1.29 is 4.39 Å². The fourth-order valence-electron chi connectivity index (χ4n) is 3.13. The molecule has 1 aliphatic rings. The maximum absolute atomic E-state index is 13.9. The van der Waals surface area contributed by atoms with Gasteiger partial charge in [-0.1, -0.05) is 43.9 Å². The molecule has 3 heteroatoms. The maximum atomic E-state index is 13.9. The molecule has 0 bridgehead atoms. The summed E-state index contributed by atoms with van der Waals surface area (Å²) < 4.78 is 13.9. The summed E-state index contributed by atoms with van der Waals surface area (Å²) in [5.74, 6) is 0.380. The Bertz CT molecular complexity index is 408. The van der Waals surface area contributed by atoms with Crippen molar-refractivity contribution in [3.63, 3.8) is 0 Å². The Balaban J connectivity index is 2.09.